The Kier molecular flexibility index (Phi) is 6.50. The molecule has 0 aromatic heterocycles. The van der Waals surface area contributed by atoms with E-state index < -0.39 is 17.0 Å². The van der Waals surface area contributed by atoms with E-state index in [4.69, 9.17) is 4.74 Å². The number of amides is 1. The fraction of sp³-hybridized carbons (Fsp3) is 0.556. The molecule has 1 fully saturated rings. The Balaban J connectivity index is 1.95. The molecule has 7 nitrogen and oxygen atoms in total. The Bertz CT molecular complexity index is 653. The second-order valence-electron chi connectivity index (χ2n) is 6.52. The second kappa shape index (κ2) is 8.60. The van der Waals surface area contributed by atoms with Crippen LogP contribution in [0.15, 0.2) is 18.2 Å². The molecule has 1 aromatic rings. The summed E-state index contributed by atoms with van der Waals surface area (Å²) in [6, 6.07) is 4.35. The molecule has 1 aliphatic rings. The average Bonchev–Trinajstić information content (AvgIpc) is 2.59. The molecule has 25 heavy (non-hydrogen) atoms. The van der Waals surface area contributed by atoms with Crippen LogP contribution >= 0.6 is 0 Å². The van der Waals surface area contributed by atoms with Crippen molar-refractivity contribution in [2.24, 2.45) is 5.92 Å². The van der Waals surface area contributed by atoms with E-state index in [-0.39, 0.29) is 17.2 Å². The van der Waals surface area contributed by atoms with Crippen molar-refractivity contribution in [1.29, 1.82) is 0 Å². The van der Waals surface area contributed by atoms with Crippen molar-refractivity contribution in [3.05, 3.63) is 39.4 Å². The summed E-state index contributed by atoms with van der Waals surface area (Å²) in [6.07, 6.45) is 4.81. The number of hydrogen-bond donors (Lipinski definition) is 1. The molecular formula is C18H24N2O5. The zero-order chi connectivity index (χ0) is 18.4. The van der Waals surface area contributed by atoms with Crippen molar-refractivity contribution in [3.63, 3.8) is 0 Å². The summed E-state index contributed by atoms with van der Waals surface area (Å²) in [7, 11) is 0. The largest absolute Gasteiger partial charge is 0.449 e. The number of ether oxygens (including phenoxy) is 1. The molecule has 1 atom stereocenters. The maximum absolute atomic E-state index is 12.3. The van der Waals surface area contributed by atoms with Crippen LogP contribution < -0.4 is 5.32 Å². The van der Waals surface area contributed by atoms with Crippen molar-refractivity contribution in [2.75, 3.05) is 6.54 Å². The zero-order valence-corrected chi connectivity index (χ0v) is 14.6. The van der Waals surface area contributed by atoms with Gasteiger partial charge in [-0.3, -0.25) is 14.9 Å². The van der Waals surface area contributed by atoms with Gasteiger partial charge in [-0.1, -0.05) is 31.4 Å². The third-order valence-corrected chi connectivity index (χ3v) is 4.59. The van der Waals surface area contributed by atoms with E-state index in [0.717, 1.165) is 12.8 Å². The molecule has 0 saturated heterocycles. The van der Waals surface area contributed by atoms with Crippen LogP contribution in [0.2, 0.25) is 0 Å². The number of carbonyl (C=O) groups excluding carboxylic acids is 2. The molecule has 0 heterocycles. The predicted octanol–water partition coefficient (Wildman–Crippen LogP) is 3.15. The Morgan fingerprint density at radius 3 is 2.64 bits per heavy atom. The average molecular weight is 348 g/mol. The van der Waals surface area contributed by atoms with E-state index in [1.54, 1.807) is 13.0 Å². The Hall–Kier alpha value is -2.44. The van der Waals surface area contributed by atoms with Gasteiger partial charge in [0.1, 0.15) is 5.56 Å². The minimum atomic E-state index is -1.00. The molecule has 136 valence electrons. The van der Waals surface area contributed by atoms with E-state index in [0.29, 0.717) is 18.0 Å². The highest BCUT2D eigenvalue weighted by atomic mass is 16.6. The molecule has 0 unspecified atom stereocenters. The van der Waals surface area contributed by atoms with Gasteiger partial charge in [-0.15, -0.1) is 0 Å². The molecule has 1 amide bonds. The van der Waals surface area contributed by atoms with Crippen molar-refractivity contribution in [2.45, 2.75) is 52.1 Å². The second-order valence-corrected chi connectivity index (χ2v) is 6.52. The van der Waals surface area contributed by atoms with Gasteiger partial charge in [-0.25, -0.2) is 4.79 Å². The first kappa shape index (κ1) is 18.9. The first-order valence-corrected chi connectivity index (χ1v) is 8.63. The summed E-state index contributed by atoms with van der Waals surface area (Å²) in [4.78, 5) is 34.9. The van der Waals surface area contributed by atoms with Crippen molar-refractivity contribution < 1.29 is 19.2 Å². The lowest BCUT2D eigenvalue weighted by molar-refractivity contribution is -0.385. The monoisotopic (exact) mass is 348 g/mol. The highest BCUT2D eigenvalue weighted by Gasteiger charge is 2.27. The van der Waals surface area contributed by atoms with Gasteiger partial charge in [0.05, 0.1) is 4.92 Å². The molecule has 0 bridgehead atoms. The number of nitrogens with zero attached hydrogens (tertiary/aromatic N) is 1. The number of hydrogen-bond acceptors (Lipinski definition) is 5. The van der Waals surface area contributed by atoms with Crippen LogP contribution in [0.4, 0.5) is 5.69 Å². The molecule has 0 aliphatic heterocycles. The van der Waals surface area contributed by atoms with Crippen LogP contribution in [0.1, 0.15) is 54.9 Å². The van der Waals surface area contributed by atoms with Crippen LogP contribution in [0.5, 0.6) is 0 Å². The van der Waals surface area contributed by atoms with Gasteiger partial charge in [-0.2, -0.15) is 0 Å². The SMILES string of the molecule is Cc1cccc([N+](=O)[O-])c1C(=O)O[C@@H](C)C(=O)NCC1CCCCC1. The van der Waals surface area contributed by atoms with Gasteiger partial charge in [0.2, 0.25) is 0 Å². The first-order valence-electron chi connectivity index (χ1n) is 8.63. The van der Waals surface area contributed by atoms with Crippen LogP contribution in [-0.4, -0.2) is 29.4 Å². The number of carbonyl (C=O) groups is 2. The smallest absolute Gasteiger partial charge is 0.346 e. The van der Waals surface area contributed by atoms with Crippen LogP contribution in [0.3, 0.4) is 0 Å². The van der Waals surface area contributed by atoms with Crippen molar-refractivity contribution in [3.8, 4) is 0 Å². The molecule has 1 N–H and O–H groups in total. The normalized spacial score (nSPS) is 16.1. The lowest BCUT2D eigenvalue weighted by Gasteiger charge is -2.22. The number of aryl methyl sites for hydroxylation is 1. The Morgan fingerprint density at radius 2 is 2.00 bits per heavy atom. The lowest BCUT2D eigenvalue weighted by atomic mass is 9.89. The third kappa shape index (κ3) is 5.01. The molecule has 7 heteroatoms. The lowest BCUT2D eigenvalue weighted by Crippen LogP contribution is -2.38. The molecule has 0 radical (unpaired) electrons. The number of rotatable bonds is 6. The summed E-state index contributed by atoms with van der Waals surface area (Å²) in [6.45, 7) is 3.64. The first-order chi connectivity index (χ1) is 11.9. The fourth-order valence-electron chi connectivity index (χ4n) is 3.12. The number of nitro benzene ring substituents is 1. The zero-order valence-electron chi connectivity index (χ0n) is 14.6. The van der Waals surface area contributed by atoms with Crippen LogP contribution in [0, 0.1) is 23.0 Å². The summed E-state index contributed by atoms with van der Waals surface area (Å²) >= 11 is 0. The highest BCUT2D eigenvalue weighted by molar-refractivity contribution is 5.97. The van der Waals surface area contributed by atoms with Gasteiger partial charge in [0.15, 0.2) is 6.10 Å². The van der Waals surface area contributed by atoms with Gasteiger partial charge in [0.25, 0.3) is 11.6 Å². The summed E-state index contributed by atoms with van der Waals surface area (Å²) in [5.41, 5.74) is 0.00765. The van der Waals surface area contributed by atoms with Crippen LogP contribution in [-0.2, 0) is 9.53 Å². The van der Waals surface area contributed by atoms with E-state index in [2.05, 4.69) is 5.32 Å². The number of nitro groups is 1. The van der Waals surface area contributed by atoms with Crippen LogP contribution in [0.25, 0.3) is 0 Å². The van der Waals surface area contributed by atoms with Gasteiger partial charge in [-0.05, 0) is 38.2 Å². The summed E-state index contributed by atoms with van der Waals surface area (Å²) in [5.74, 6) is -0.765. The van der Waals surface area contributed by atoms with Gasteiger partial charge < -0.3 is 10.1 Å². The third-order valence-electron chi connectivity index (χ3n) is 4.59. The predicted molar refractivity (Wildman–Crippen MR) is 92.3 cm³/mol. The topological polar surface area (TPSA) is 98.5 Å². The number of esters is 1. The van der Waals surface area contributed by atoms with E-state index in [9.17, 15) is 19.7 Å². The summed E-state index contributed by atoms with van der Waals surface area (Å²) in [5, 5.41) is 13.9. The Morgan fingerprint density at radius 1 is 1.32 bits per heavy atom. The maximum Gasteiger partial charge on any atom is 0.346 e. The molecule has 1 saturated carbocycles. The summed E-state index contributed by atoms with van der Waals surface area (Å²) < 4.78 is 5.15. The van der Waals surface area contributed by atoms with Crippen molar-refractivity contribution in [1.82, 2.24) is 5.32 Å². The number of nitrogens with one attached hydrogen (secondary N) is 1. The number of benzene rings is 1. The van der Waals surface area contributed by atoms with E-state index in [1.165, 1.54) is 38.3 Å². The minimum Gasteiger partial charge on any atom is -0.449 e. The quantitative estimate of drug-likeness (QED) is 0.484. The molecule has 0 spiro atoms. The molecular weight excluding hydrogens is 324 g/mol. The highest BCUT2D eigenvalue weighted by Crippen LogP contribution is 2.24. The Labute approximate surface area is 146 Å². The maximum atomic E-state index is 12.3. The van der Waals surface area contributed by atoms with E-state index >= 15 is 0 Å². The van der Waals surface area contributed by atoms with Gasteiger partial charge >= 0.3 is 5.97 Å². The fourth-order valence-corrected chi connectivity index (χ4v) is 3.12. The molecule has 1 aromatic carbocycles. The van der Waals surface area contributed by atoms with Crippen molar-refractivity contribution >= 4 is 17.6 Å². The van der Waals surface area contributed by atoms with Gasteiger partial charge in [0, 0.05) is 12.6 Å². The standard InChI is InChI=1S/C18H24N2O5/c1-12-7-6-10-15(20(23)24)16(12)18(22)25-13(2)17(21)19-11-14-8-4-3-5-9-14/h6-7,10,13-14H,3-5,8-9,11H2,1-2H3,(H,19,21)/t13-/m0/s1. The van der Waals surface area contributed by atoms with E-state index in [1.807, 2.05) is 0 Å². The molecule has 2 rings (SSSR count). The molecule has 1 aliphatic carbocycles. The minimum absolute atomic E-state index is 0.112.